The fraction of sp³-hybridized carbons (Fsp3) is 0.417. The number of ether oxygens (including phenoxy) is 3. The Balaban J connectivity index is 1.66. The predicted octanol–water partition coefficient (Wildman–Crippen LogP) is 2.63. The van der Waals surface area contributed by atoms with E-state index < -0.39 is 0 Å². The van der Waals surface area contributed by atoms with E-state index in [4.69, 9.17) is 14.2 Å². The van der Waals surface area contributed by atoms with Gasteiger partial charge in [-0.3, -0.25) is 9.59 Å². The summed E-state index contributed by atoms with van der Waals surface area (Å²) < 4.78 is 16.3. The minimum atomic E-state index is -0.262. The molecule has 166 valence electrons. The number of nitrogens with zero attached hydrogens (tertiary/aromatic N) is 2. The van der Waals surface area contributed by atoms with Gasteiger partial charge < -0.3 is 24.0 Å². The predicted molar refractivity (Wildman–Crippen MR) is 118 cm³/mol. The van der Waals surface area contributed by atoms with Gasteiger partial charge in [-0.2, -0.15) is 0 Å². The summed E-state index contributed by atoms with van der Waals surface area (Å²) >= 11 is 0. The van der Waals surface area contributed by atoms with Gasteiger partial charge in [0.15, 0.2) is 0 Å². The number of morpholine rings is 1. The molecule has 0 aliphatic carbocycles. The van der Waals surface area contributed by atoms with Crippen molar-refractivity contribution < 1.29 is 23.8 Å². The van der Waals surface area contributed by atoms with Crippen molar-refractivity contribution in [3.63, 3.8) is 0 Å². The highest BCUT2D eigenvalue weighted by Crippen LogP contribution is 2.16. The molecule has 1 atom stereocenters. The molecule has 0 spiro atoms. The number of hydrogen-bond donors (Lipinski definition) is 0. The van der Waals surface area contributed by atoms with Gasteiger partial charge in [-0.25, -0.2) is 0 Å². The summed E-state index contributed by atoms with van der Waals surface area (Å²) in [5, 5.41) is 0. The average Bonchev–Trinajstić information content (AvgIpc) is 2.81. The number of hydrogen-bond acceptors (Lipinski definition) is 5. The Hall–Kier alpha value is -2.90. The first-order valence-electron chi connectivity index (χ1n) is 10.4. The first-order valence-corrected chi connectivity index (χ1v) is 10.4. The van der Waals surface area contributed by atoms with Crippen LogP contribution in [-0.4, -0.2) is 81.3 Å². The van der Waals surface area contributed by atoms with Crippen LogP contribution in [0.1, 0.15) is 26.3 Å². The quantitative estimate of drug-likeness (QED) is 0.649. The molecule has 1 aliphatic heterocycles. The van der Waals surface area contributed by atoms with Gasteiger partial charge in [0.1, 0.15) is 5.75 Å². The van der Waals surface area contributed by atoms with Crippen molar-refractivity contribution in [3.05, 3.63) is 65.2 Å². The van der Waals surface area contributed by atoms with Crippen LogP contribution in [0.15, 0.2) is 48.5 Å². The number of benzene rings is 2. The molecule has 1 aliphatic rings. The molecule has 3 rings (SSSR count). The lowest BCUT2D eigenvalue weighted by atomic mass is 10.1. The summed E-state index contributed by atoms with van der Waals surface area (Å²) in [6, 6.07) is 14.6. The van der Waals surface area contributed by atoms with Crippen LogP contribution in [0.5, 0.6) is 5.75 Å². The summed E-state index contributed by atoms with van der Waals surface area (Å²) in [5.74, 6) is 0.586. The molecule has 1 unspecified atom stereocenters. The summed E-state index contributed by atoms with van der Waals surface area (Å²) in [6.07, 6.45) is -0.262. The molecule has 31 heavy (non-hydrogen) atoms. The van der Waals surface area contributed by atoms with Crippen molar-refractivity contribution in [1.82, 2.24) is 9.80 Å². The topological polar surface area (TPSA) is 68.3 Å². The molecule has 2 amide bonds. The van der Waals surface area contributed by atoms with Gasteiger partial charge >= 0.3 is 0 Å². The molecule has 0 bridgehead atoms. The number of rotatable bonds is 8. The number of carbonyl (C=O) groups is 2. The van der Waals surface area contributed by atoms with E-state index in [1.165, 1.54) is 0 Å². The number of amides is 2. The third kappa shape index (κ3) is 6.06. The standard InChI is InChI=1S/C24H30N2O5/c1-18-4-6-19(7-5-18)23(27)25(12-14-29-2)16-22-17-26(13-15-31-22)24(28)20-8-10-21(30-3)11-9-20/h4-11,22H,12-17H2,1-3H3. The van der Waals surface area contributed by atoms with Crippen LogP contribution in [0.3, 0.4) is 0 Å². The molecule has 2 aromatic rings. The Bertz CT molecular complexity index is 867. The van der Waals surface area contributed by atoms with Gasteiger partial charge in [-0.05, 0) is 43.3 Å². The maximum atomic E-state index is 13.1. The zero-order chi connectivity index (χ0) is 22.2. The van der Waals surface area contributed by atoms with E-state index in [-0.39, 0.29) is 17.9 Å². The van der Waals surface area contributed by atoms with Crippen molar-refractivity contribution >= 4 is 11.8 Å². The van der Waals surface area contributed by atoms with Crippen molar-refractivity contribution in [1.29, 1.82) is 0 Å². The normalized spacial score (nSPS) is 16.1. The van der Waals surface area contributed by atoms with Crippen LogP contribution < -0.4 is 4.74 Å². The lowest BCUT2D eigenvalue weighted by Gasteiger charge is -2.36. The largest absolute Gasteiger partial charge is 0.497 e. The van der Waals surface area contributed by atoms with Crippen LogP contribution in [0.2, 0.25) is 0 Å². The zero-order valence-corrected chi connectivity index (χ0v) is 18.4. The van der Waals surface area contributed by atoms with Crippen molar-refractivity contribution in [2.75, 3.05) is 53.6 Å². The Kier molecular flexibility index (Phi) is 8.03. The highest BCUT2D eigenvalue weighted by atomic mass is 16.5. The van der Waals surface area contributed by atoms with Crippen LogP contribution in [0.25, 0.3) is 0 Å². The van der Waals surface area contributed by atoms with Gasteiger partial charge in [0.25, 0.3) is 11.8 Å². The lowest BCUT2D eigenvalue weighted by molar-refractivity contribution is -0.0346. The Morgan fingerprint density at radius 2 is 1.74 bits per heavy atom. The third-order valence-corrected chi connectivity index (χ3v) is 5.34. The van der Waals surface area contributed by atoms with Crippen molar-refractivity contribution in [2.45, 2.75) is 13.0 Å². The second-order valence-corrected chi connectivity index (χ2v) is 7.58. The second-order valence-electron chi connectivity index (χ2n) is 7.58. The maximum Gasteiger partial charge on any atom is 0.254 e. The SMILES string of the molecule is COCCN(CC1CN(C(=O)c2ccc(OC)cc2)CCO1)C(=O)c1ccc(C)cc1. The number of methoxy groups -OCH3 is 2. The summed E-state index contributed by atoms with van der Waals surface area (Å²) in [5.41, 5.74) is 2.33. The van der Waals surface area contributed by atoms with Crippen LogP contribution in [0, 0.1) is 6.92 Å². The lowest BCUT2D eigenvalue weighted by Crippen LogP contribution is -2.51. The van der Waals surface area contributed by atoms with E-state index in [9.17, 15) is 9.59 Å². The fourth-order valence-electron chi connectivity index (χ4n) is 3.53. The maximum absolute atomic E-state index is 13.1. The highest BCUT2D eigenvalue weighted by molar-refractivity contribution is 5.95. The van der Waals surface area contributed by atoms with E-state index in [1.807, 2.05) is 31.2 Å². The molecule has 7 heteroatoms. The van der Waals surface area contributed by atoms with Crippen LogP contribution >= 0.6 is 0 Å². The molecule has 7 nitrogen and oxygen atoms in total. The number of carbonyl (C=O) groups excluding carboxylic acids is 2. The summed E-state index contributed by atoms with van der Waals surface area (Å²) in [6.45, 7) is 4.64. The second kappa shape index (κ2) is 10.9. The zero-order valence-electron chi connectivity index (χ0n) is 18.4. The molecular weight excluding hydrogens is 396 g/mol. The fourth-order valence-corrected chi connectivity index (χ4v) is 3.53. The smallest absolute Gasteiger partial charge is 0.254 e. The molecule has 1 heterocycles. The van der Waals surface area contributed by atoms with Crippen LogP contribution in [0.4, 0.5) is 0 Å². The van der Waals surface area contributed by atoms with Crippen molar-refractivity contribution in [2.24, 2.45) is 0 Å². The molecule has 1 saturated heterocycles. The third-order valence-electron chi connectivity index (χ3n) is 5.34. The Labute approximate surface area is 183 Å². The molecule has 1 fully saturated rings. The van der Waals surface area contributed by atoms with Gasteiger partial charge in [0, 0.05) is 44.4 Å². The van der Waals surface area contributed by atoms with Gasteiger partial charge in [-0.1, -0.05) is 17.7 Å². The molecule has 0 radical (unpaired) electrons. The monoisotopic (exact) mass is 426 g/mol. The molecule has 0 aromatic heterocycles. The number of aryl methyl sites for hydroxylation is 1. The van der Waals surface area contributed by atoms with Gasteiger partial charge in [-0.15, -0.1) is 0 Å². The van der Waals surface area contributed by atoms with E-state index in [0.717, 1.165) is 5.56 Å². The first kappa shape index (κ1) is 22.8. The Morgan fingerprint density at radius 1 is 1.06 bits per heavy atom. The minimum absolute atomic E-state index is 0.0516. The first-order chi connectivity index (χ1) is 15.0. The summed E-state index contributed by atoms with van der Waals surface area (Å²) in [4.78, 5) is 29.5. The molecule has 0 saturated carbocycles. The van der Waals surface area contributed by atoms with E-state index in [0.29, 0.717) is 56.3 Å². The molecule has 0 N–H and O–H groups in total. The average molecular weight is 427 g/mol. The Morgan fingerprint density at radius 3 is 2.39 bits per heavy atom. The van der Waals surface area contributed by atoms with Gasteiger partial charge in [0.05, 0.1) is 26.4 Å². The van der Waals surface area contributed by atoms with E-state index >= 15 is 0 Å². The van der Waals surface area contributed by atoms with Crippen molar-refractivity contribution in [3.8, 4) is 5.75 Å². The van der Waals surface area contributed by atoms with E-state index in [2.05, 4.69) is 0 Å². The molecular formula is C24H30N2O5. The highest BCUT2D eigenvalue weighted by Gasteiger charge is 2.28. The van der Waals surface area contributed by atoms with Crippen LogP contribution in [-0.2, 0) is 9.47 Å². The molecule has 2 aromatic carbocycles. The minimum Gasteiger partial charge on any atom is -0.497 e. The van der Waals surface area contributed by atoms with Gasteiger partial charge in [0.2, 0.25) is 0 Å². The summed E-state index contributed by atoms with van der Waals surface area (Å²) in [7, 11) is 3.21. The van der Waals surface area contributed by atoms with E-state index in [1.54, 1.807) is 48.3 Å².